The molecule has 1 atom stereocenters. The number of aliphatic hydroxyl groups is 1. The molecule has 1 unspecified atom stereocenters. The molecule has 0 aromatic carbocycles. The van der Waals surface area contributed by atoms with E-state index in [9.17, 15) is 5.11 Å². The first kappa shape index (κ1) is 11.4. The second-order valence-electron chi connectivity index (χ2n) is 3.37. The zero-order valence-electron chi connectivity index (χ0n) is 8.52. The van der Waals surface area contributed by atoms with Gasteiger partial charge in [0.05, 0.1) is 6.10 Å². The van der Waals surface area contributed by atoms with Gasteiger partial charge < -0.3 is 10.0 Å². The van der Waals surface area contributed by atoms with E-state index in [0.29, 0.717) is 0 Å². The number of likely N-dealkylation sites (N-methyl/N-ethyl adjacent to an activating group) is 1. The number of aliphatic hydroxyl groups excluding tert-OH is 1. The quantitative estimate of drug-likeness (QED) is 0.730. The Labute approximate surface area is 89.5 Å². The van der Waals surface area contributed by atoms with Crippen molar-refractivity contribution >= 4 is 11.3 Å². The fourth-order valence-corrected chi connectivity index (χ4v) is 2.02. The molecule has 0 bridgehead atoms. The molecule has 3 heteroatoms. The standard InChI is InChI=1S/C11H17NOS/c1-3-7-12(2)8-6-10(13)11-5-4-9-14-11/h3-5,9-10,13H,1,6-8H2,2H3. The highest BCUT2D eigenvalue weighted by atomic mass is 32.1. The van der Waals surface area contributed by atoms with Gasteiger partial charge in [-0.15, -0.1) is 17.9 Å². The summed E-state index contributed by atoms with van der Waals surface area (Å²) in [7, 11) is 2.03. The molecule has 2 nitrogen and oxygen atoms in total. The van der Waals surface area contributed by atoms with E-state index in [4.69, 9.17) is 0 Å². The van der Waals surface area contributed by atoms with Gasteiger partial charge in [-0.2, -0.15) is 0 Å². The smallest absolute Gasteiger partial charge is 0.0894 e. The summed E-state index contributed by atoms with van der Waals surface area (Å²) in [5, 5.41) is 11.8. The summed E-state index contributed by atoms with van der Waals surface area (Å²) in [6.45, 7) is 5.44. The molecule has 0 saturated carbocycles. The minimum absolute atomic E-state index is 0.317. The van der Waals surface area contributed by atoms with E-state index in [2.05, 4.69) is 11.5 Å². The molecule has 78 valence electrons. The van der Waals surface area contributed by atoms with Crippen LogP contribution in [0, 0.1) is 0 Å². The van der Waals surface area contributed by atoms with Gasteiger partial charge in [0.25, 0.3) is 0 Å². The van der Waals surface area contributed by atoms with Gasteiger partial charge in [0.2, 0.25) is 0 Å². The average Bonchev–Trinajstić information content (AvgIpc) is 2.67. The number of rotatable bonds is 6. The van der Waals surface area contributed by atoms with Gasteiger partial charge in [0, 0.05) is 18.0 Å². The van der Waals surface area contributed by atoms with Crippen molar-refractivity contribution in [2.24, 2.45) is 0 Å². The number of hydrogen-bond donors (Lipinski definition) is 1. The monoisotopic (exact) mass is 211 g/mol. The molecule has 14 heavy (non-hydrogen) atoms. The molecule has 0 amide bonds. The van der Waals surface area contributed by atoms with Crippen LogP contribution in [0.15, 0.2) is 30.2 Å². The molecule has 1 heterocycles. The third kappa shape index (κ3) is 3.62. The lowest BCUT2D eigenvalue weighted by Crippen LogP contribution is -2.21. The third-order valence-electron chi connectivity index (χ3n) is 2.10. The molecule has 1 rings (SSSR count). The van der Waals surface area contributed by atoms with Crippen molar-refractivity contribution in [3.05, 3.63) is 35.0 Å². The Bertz CT molecular complexity index is 258. The highest BCUT2D eigenvalue weighted by Gasteiger charge is 2.08. The maximum absolute atomic E-state index is 9.78. The molecule has 1 N–H and O–H groups in total. The molecule has 0 radical (unpaired) electrons. The molecule has 0 aliphatic heterocycles. The van der Waals surface area contributed by atoms with E-state index < -0.39 is 0 Å². The predicted octanol–water partition coefficient (Wildman–Crippen LogP) is 2.29. The Morgan fingerprint density at radius 3 is 3.07 bits per heavy atom. The lowest BCUT2D eigenvalue weighted by atomic mass is 10.2. The van der Waals surface area contributed by atoms with Crippen LogP contribution in [0.1, 0.15) is 17.4 Å². The van der Waals surface area contributed by atoms with Crippen LogP contribution in [0.5, 0.6) is 0 Å². The third-order valence-corrected chi connectivity index (χ3v) is 3.07. The van der Waals surface area contributed by atoms with Crippen molar-refractivity contribution in [1.82, 2.24) is 4.90 Å². The normalized spacial score (nSPS) is 13.1. The Kier molecular flexibility index (Phi) is 4.87. The zero-order chi connectivity index (χ0) is 10.4. The van der Waals surface area contributed by atoms with Crippen molar-refractivity contribution in [3.63, 3.8) is 0 Å². The summed E-state index contributed by atoms with van der Waals surface area (Å²) >= 11 is 1.61. The number of nitrogens with zero attached hydrogens (tertiary/aromatic N) is 1. The Balaban J connectivity index is 2.28. The molecule has 0 saturated heterocycles. The first-order valence-electron chi connectivity index (χ1n) is 4.75. The number of hydrogen-bond acceptors (Lipinski definition) is 3. The summed E-state index contributed by atoms with van der Waals surface area (Å²) in [4.78, 5) is 3.20. The molecule has 1 aromatic rings. The van der Waals surface area contributed by atoms with Gasteiger partial charge in [0.1, 0.15) is 0 Å². The summed E-state index contributed by atoms with van der Waals surface area (Å²) in [6, 6.07) is 3.94. The number of thiophene rings is 1. The topological polar surface area (TPSA) is 23.5 Å². The van der Waals surface area contributed by atoms with Crippen LogP contribution in [0.2, 0.25) is 0 Å². The molecule has 0 aliphatic carbocycles. The molecule has 0 fully saturated rings. The predicted molar refractivity (Wildman–Crippen MR) is 61.6 cm³/mol. The zero-order valence-corrected chi connectivity index (χ0v) is 9.33. The molecular formula is C11H17NOS. The lowest BCUT2D eigenvalue weighted by Gasteiger charge is -2.16. The summed E-state index contributed by atoms with van der Waals surface area (Å²) in [5.74, 6) is 0. The molecule has 1 aromatic heterocycles. The van der Waals surface area contributed by atoms with Gasteiger partial charge in [0.15, 0.2) is 0 Å². The first-order valence-corrected chi connectivity index (χ1v) is 5.63. The summed E-state index contributed by atoms with van der Waals surface area (Å²) in [5.41, 5.74) is 0. The highest BCUT2D eigenvalue weighted by Crippen LogP contribution is 2.21. The van der Waals surface area contributed by atoms with Gasteiger partial charge in [-0.3, -0.25) is 0 Å². The van der Waals surface area contributed by atoms with E-state index in [1.165, 1.54) is 0 Å². The van der Waals surface area contributed by atoms with Crippen molar-refractivity contribution in [1.29, 1.82) is 0 Å². The van der Waals surface area contributed by atoms with E-state index in [0.717, 1.165) is 24.4 Å². The van der Waals surface area contributed by atoms with Crippen LogP contribution in [0.4, 0.5) is 0 Å². The van der Waals surface area contributed by atoms with Crippen LogP contribution >= 0.6 is 11.3 Å². The van der Waals surface area contributed by atoms with Crippen LogP contribution in [-0.4, -0.2) is 30.1 Å². The Morgan fingerprint density at radius 2 is 2.50 bits per heavy atom. The second-order valence-corrected chi connectivity index (χ2v) is 4.35. The van der Waals surface area contributed by atoms with Crippen LogP contribution in [0.25, 0.3) is 0 Å². The Hall–Kier alpha value is -0.640. The largest absolute Gasteiger partial charge is 0.388 e. The minimum atomic E-state index is -0.317. The van der Waals surface area contributed by atoms with Crippen molar-refractivity contribution in [2.75, 3.05) is 20.1 Å². The van der Waals surface area contributed by atoms with E-state index in [1.807, 2.05) is 30.6 Å². The highest BCUT2D eigenvalue weighted by molar-refractivity contribution is 7.10. The fourth-order valence-electron chi connectivity index (χ4n) is 1.28. The van der Waals surface area contributed by atoms with Crippen molar-refractivity contribution in [3.8, 4) is 0 Å². The first-order chi connectivity index (χ1) is 6.74. The van der Waals surface area contributed by atoms with E-state index >= 15 is 0 Å². The average molecular weight is 211 g/mol. The van der Waals surface area contributed by atoms with Crippen LogP contribution in [-0.2, 0) is 0 Å². The summed E-state index contributed by atoms with van der Waals surface area (Å²) in [6.07, 6.45) is 2.34. The van der Waals surface area contributed by atoms with Gasteiger partial charge in [-0.1, -0.05) is 12.1 Å². The minimum Gasteiger partial charge on any atom is -0.388 e. The SMILES string of the molecule is C=CCN(C)CCC(O)c1cccs1. The lowest BCUT2D eigenvalue weighted by molar-refractivity contribution is 0.155. The van der Waals surface area contributed by atoms with Gasteiger partial charge >= 0.3 is 0 Å². The van der Waals surface area contributed by atoms with Gasteiger partial charge in [-0.05, 0) is 24.9 Å². The maximum atomic E-state index is 9.78. The Morgan fingerprint density at radius 1 is 1.71 bits per heavy atom. The second kappa shape index (κ2) is 5.96. The van der Waals surface area contributed by atoms with E-state index in [-0.39, 0.29) is 6.10 Å². The fraction of sp³-hybridized carbons (Fsp3) is 0.455. The van der Waals surface area contributed by atoms with Crippen LogP contribution < -0.4 is 0 Å². The van der Waals surface area contributed by atoms with E-state index in [1.54, 1.807) is 11.3 Å². The van der Waals surface area contributed by atoms with Crippen LogP contribution in [0.3, 0.4) is 0 Å². The maximum Gasteiger partial charge on any atom is 0.0894 e. The molecular weight excluding hydrogens is 194 g/mol. The van der Waals surface area contributed by atoms with Gasteiger partial charge in [-0.25, -0.2) is 0 Å². The molecule has 0 spiro atoms. The molecule has 0 aliphatic rings. The van der Waals surface area contributed by atoms with Crippen molar-refractivity contribution in [2.45, 2.75) is 12.5 Å². The summed E-state index contributed by atoms with van der Waals surface area (Å²) < 4.78 is 0. The van der Waals surface area contributed by atoms with Crippen molar-refractivity contribution < 1.29 is 5.11 Å².